The molecule has 4 atom stereocenters. The molecule has 234 valence electrons. The molecule has 2 aromatic rings. The van der Waals surface area contributed by atoms with E-state index < -0.39 is 16.1 Å². The Morgan fingerprint density at radius 2 is 1.88 bits per heavy atom. The molecule has 42 heavy (non-hydrogen) atoms. The lowest BCUT2D eigenvalue weighted by Crippen LogP contribution is -2.47. The van der Waals surface area contributed by atoms with Crippen LogP contribution >= 0.6 is 0 Å². The maximum absolute atomic E-state index is 14.1. The summed E-state index contributed by atoms with van der Waals surface area (Å²) >= 11 is 0. The average Bonchev–Trinajstić information content (AvgIpc) is 2.94. The molecular formula is C31H47N3O7S. The highest BCUT2D eigenvalue weighted by atomic mass is 32.2. The zero-order chi connectivity index (χ0) is 30.9. The van der Waals surface area contributed by atoms with Crippen LogP contribution in [0.1, 0.15) is 56.0 Å². The Morgan fingerprint density at radius 3 is 2.52 bits per heavy atom. The zero-order valence-electron chi connectivity index (χ0n) is 25.7. The third kappa shape index (κ3) is 10.1. The first-order chi connectivity index (χ1) is 19.9. The highest BCUT2D eigenvalue weighted by Gasteiger charge is 2.30. The number of sulfonamides is 1. The normalized spacial score (nSPS) is 21.7. The summed E-state index contributed by atoms with van der Waals surface area (Å²) in [6.07, 6.45) is 3.28. The Balaban J connectivity index is 1.90. The Morgan fingerprint density at radius 1 is 1.17 bits per heavy atom. The summed E-state index contributed by atoms with van der Waals surface area (Å²) in [5.41, 5.74) is 1.67. The molecule has 1 amide bonds. The largest absolute Gasteiger partial charge is 0.497 e. The minimum atomic E-state index is -3.55. The number of nitrogens with one attached hydrogen (secondary N) is 1. The van der Waals surface area contributed by atoms with Gasteiger partial charge >= 0.3 is 0 Å². The molecule has 1 aliphatic heterocycles. The van der Waals surface area contributed by atoms with Gasteiger partial charge in [-0.2, -0.15) is 0 Å². The van der Waals surface area contributed by atoms with Crippen LogP contribution in [0, 0.1) is 5.92 Å². The van der Waals surface area contributed by atoms with Gasteiger partial charge in [0.05, 0.1) is 43.8 Å². The number of amides is 1. The van der Waals surface area contributed by atoms with Crippen LogP contribution in [0.25, 0.3) is 0 Å². The molecule has 10 nitrogen and oxygen atoms in total. The van der Waals surface area contributed by atoms with Crippen molar-refractivity contribution in [1.82, 2.24) is 9.80 Å². The molecule has 1 aliphatic rings. The molecule has 2 N–H and O–H groups in total. The van der Waals surface area contributed by atoms with Crippen molar-refractivity contribution in [2.45, 2.75) is 64.8 Å². The number of hydrogen-bond acceptors (Lipinski definition) is 8. The topological polar surface area (TPSA) is 118 Å². The van der Waals surface area contributed by atoms with Gasteiger partial charge in [-0.25, -0.2) is 8.42 Å². The van der Waals surface area contributed by atoms with Gasteiger partial charge in [0, 0.05) is 37.8 Å². The number of carbonyl (C=O) groups excluding carboxylic acids is 1. The summed E-state index contributed by atoms with van der Waals surface area (Å²) in [7, 11) is 0.149. The molecule has 0 aromatic heterocycles. The number of likely N-dealkylation sites (N-methyl/N-ethyl adjacent to an activating group) is 1. The molecule has 0 saturated heterocycles. The predicted molar refractivity (Wildman–Crippen MR) is 165 cm³/mol. The van der Waals surface area contributed by atoms with Gasteiger partial charge in [-0.05, 0) is 76.1 Å². The SMILES string of the molecule is COc1ccc(CN(C)C[C@@H]2OCCCC[C@@H](C)Oc3ccc(NS(C)(=O)=O)cc3C(=O)N([C@H](C)CO)C[C@@H]2C)cc1. The Labute approximate surface area is 251 Å². The summed E-state index contributed by atoms with van der Waals surface area (Å²) in [5, 5.41) is 10.1. The molecule has 0 spiro atoms. The Hall–Kier alpha value is -2.86. The molecule has 3 rings (SSSR count). The lowest BCUT2D eigenvalue weighted by atomic mass is 10.0. The number of methoxy groups -OCH3 is 1. The van der Waals surface area contributed by atoms with Crippen molar-refractivity contribution in [2.75, 3.05) is 51.4 Å². The van der Waals surface area contributed by atoms with Crippen molar-refractivity contribution < 1.29 is 32.5 Å². The molecule has 0 aliphatic carbocycles. The van der Waals surface area contributed by atoms with E-state index in [1.54, 1.807) is 31.1 Å². The minimum Gasteiger partial charge on any atom is -0.497 e. The standard InChI is InChI=1S/C31H47N3O7S/c1-22-18-34(23(2)21-35)31(36)28-17-26(32-42(6,37)38)12-15-29(28)41-24(3)9-7-8-16-40-30(22)20-33(4)19-25-10-13-27(39-5)14-11-25/h10-15,17,22-24,30,32,35H,7-9,16,18-21H2,1-6H3/t22-,23+,24+,30-/m0/s1. The van der Waals surface area contributed by atoms with Gasteiger partial charge < -0.3 is 24.2 Å². The molecule has 0 fully saturated rings. The highest BCUT2D eigenvalue weighted by molar-refractivity contribution is 7.92. The van der Waals surface area contributed by atoms with Crippen LogP contribution in [0.3, 0.4) is 0 Å². The summed E-state index contributed by atoms with van der Waals surface area (Å²) in [5.74, 6) is 0.793. The number of carbonyl (C=O) groups is 1. The zero-order valence-corrected chi connectivity index (χ0v) is 26.5. The number of aliphatic hydroxyl groups excluding tert-OH is 1. The van der Waals surface area contributed by atoms with E-state index in [0.717, 1.165) is 43.4 Å². The van der Waals surface area contributed by atoms with E-state index in [1.807, 2.05) is 31.2 Å². The van der Waals surface area contributed by atoms with E-state index in [1.165, 1.54) is 6.07 Å². The van der Waals surface area contributed by atoms with Crippen LogP contribution in [0.5, 0.6) is 11.5 Å². The predicted octanol–water partition coefficient (Wildman–Crippen LogP) is 3.99. The molecule has 0 unspecified atom stereocenters. The van der Waals surface area contributed by atoms with E-state index in [-0.39, 0.29) is 41.9 Å². The van der Waals surface area contributed by atoms with Crippen molar-refractivity contribution >= 4 is 21.6 Å². The Kier molecular flexibility index (Phi) is 12.5. The van der Waals surface area contributed by atoms with Gasteiger partial charge in [0.25, 0.3) is 5.91 Å². The van der Waals surface area contributed by atoms with Crippen molar-refractivity contribution in [3.8, 4) is 11.5 Å². The van der Waals surface area contributed by atoms with Crippen LogP contribution in [-0.4, -0.2) is 94.2 Å². The lowest BCUT2D eigenvalue weighted by Gasteiger charge is -2.36. The number of anilines is 1. The summed E-state index contributed by atoms with van der Waals surface area (Å²) in [6, 6.07) is 12.2. The van der Waals surface area contributed by atoms with Gasteiger partial charge in [-0.3, -0.25) is 14.4 Å². The number of aliphatic hydroxyl groups is 1. The third-order valence-electron chi connectivity index (χ3n) is 7.46. The van der Waals surface area contributed by atoms with E-state index >= 15 is 0 Å². The van der Waals surface area contributed by atoms with E-state index in [4.69, 9.17) is 14.2 Å². The smallest absolute Gasteiger partial charge is 0.258 e. The van der Waals surface area contributed by atoms with Crippen LogP contribution in [0.15, 0.2) is 42.5 Å². The van der Waals surface area contributed by atoms with E-state index in [9.17, 15) is 18.3 Å². The second-order valence-corrected chi connectivity index (χ2v) is 13.2. The number of nitrogens with zero attached hydrogens (tertiary/aromatic N) is 2. The van der Waals surface area contributed by atoms with Crippen LogP contribution in [-0.2, 0) is 21.3 Å². The first kappa shape index (κ1) is 33.6. The monoisotopic (exact) mass is 605 g/mol. The van der Waals surface area contributed by atoms with E-state index in [2.05, 4.69) is 23.6 Å². The molecule has 2 aromatic carbocycles. The molecule has 11 heteroatoms. The van der Waals surface area contributed by atoms with E-state index in [0.29, 0.717) is 25.4 Å². The summed E-state index contributed by atoms with van der Waals surface area (Å²) in [6.45, 7) is 7.89. The quantitative estimate of drug-likeness (QED) is 0.441. The highest BCUT2D eigenvalue weighted by Crippen LogP contribution is 2.29. The Bertz CT molecular complexity index is 1260. The van der Waals surface area contributed by atoms with Crippen LogP contribution in [0.2, 0.25) is 0 Å². The second kappa shape index (κ2) is 15.6. The fraction of sp³-hybridized carbons (Fsp3) is 0.581. The maximum Gasteiger partial charge on any atom is 0.258 e. The minimum absolute atomic E-state index is 0.0650. The average molecular weight is 606 g/mol. The maximum atomic E-state index is 14.1. The van der Waals surface area contributed by atoms with Gasteiger partial charge in [0.1, 0.15) is 11.5 Å². The summed E-state index contributed by atoms with van der Waals surface area (Å²) in [4.78, 5) is 17.9. The van der Waals surface area contributed by atoms with Crippen LogP contribution < -0.4 is 14.2 Å². The van der Waals surface area contributed by atoms with Gasteiger partial charge in [0.2, 0.25) is 10.0 Å². The van der Waals surface area contributed by atoms with Crippen molar-refractivity contribution in [1.29, 1.82) is 0 Å². The fourth-order valence-electron chi connectivity index (χ4n) is 5.08. The van der Waals surface area contributed by atoms with Gasteiger partial charge in [-0.15, -0.1) is 0 Å². The van der Waals surface area contributed by atoms with Crippen LogP contribution in [0.4, 0.5) is 5.69 Å². The lowest BCUT2D eigenvalue weighted by molar-refractivity contribution is -0.0177. The third-order valence-corrected chi connectivity index (χ3v) is 8.06. The first-order valence-electron chi connectivity index (χ1n) is 14.5. The van der Waals surface area contributed by atoms with Gasteiger partial charge in [-0.1, -0.05) is 19.1 Å². The van der Waals surface area contributed by atoms with Crippen molar-refractivity contribution in [2.24, 2.45) is 5.92 Å². The number of ether oxygens (including phenoxy) is 3. The molecule has 0 bridgehead atoms. The molecule has 0 saturated carbocycles. The number of benzene rings is 2. The molecule has 0 radical (unpaired) electrons. The number of fused-ring (bicyclic) bond motifs is 1. The second-order valence-electron chi connectivity index (χ2n) is 11.4. The summed E-state index contributed by atoms with van der Waals surface area (Å²) < 4.78 is 44.2. The number of rotatable bonds is 9. The van der Waals surface area contributed by atoms with Gasteiger partial charge in [0.15, 0.2) is 0 Å². The molecule has 1 heterocycles. The fourth-order valence-corrected chi connectivity index (χ4v) is 5.63. The van der Waals surface area contributed by atoms with Crippen molar-refractivity contribution in [3.63, 3.8) is 0 Å². The van der Waals surface area contributed by atoms with Crippen molar-refractivity contribution in [3.05, 3.63) is 53.6 Å². The first-order valence-corrected chi connectivity index (χ1v) is 16.4. The molecular weight excluding hydrogens is 558 g/mol. The number of hydrogen-bond donors (Lipinski definition) is 2.